The molecule has 0 bridgehead atoms. The van der Waals surface area contributed by atoms with Crippen LogP contribution in [-0.4, -0.2) is 42.2 Å². The van der Waals surface area contributed by atoms with Crippen LogP contribution in [0.4, 0.5) is 0 Å². The van der Waals surface area contributed by atoms with Crippen molar-refractivity contribution in [3.63, 3.8) is 0 Å². The fourth-order valence-corrected chi connectivity index (χ4v) is 0. The van der Waals surface area contributed by atoms with Gasteiger partial charge >= 0.3 is 0 Å². The van der Waals surface area contributed by atoms with Crippen molar-refractivity contribution in [3.8, 4) is 0 Å². The molecule has 0 saturated carbocycles. The van der Waals surface area contributed by atoms with Gasteiger partial charge in [-0.25, -0.2) is 0 Å². The third-order valence-corrected chi connectivity index (χ3v) is 0. The molecule has 1 atom stereocenters. The maximum atomic E-state index is 7.83. The molecule has 0 amide bonds. The SMILES string of the molecule is O=S.P.[B].[Na]. The molecule has 0 aromatic rings. The van der Waals surface area contributed by atoms with Crippen LogP contribution < -0.4 is 0 Å². The first-order valence-electron chi connectivity index (χ1n) is 0.167. The van der Waals surface area contributed by atoms with E-state index in [0.717, 1.165) is 0 Å². The molecule has 4 radical (unpaired) electrons. The third kappa shape index (κ3) is 29.7. The van der Waals surface area contributed by atoms with Gasteiger partial charge < -0.3 is 0 Å². The van der Waals surface area contributed by atoms with Crippen LogP contribution in [0.5, 0.6) is 0 Å². The van der Waals surface area contributed by atoms with Gasteiger partial charge in [-0.2, -0.15) is 14.1 Å². The molecule has 0 rings (SSSR count). The molecule has 0 saturated heterocycles. The molecule has 5 heavy (non-hydrogen) atoms. The molecule has 0 aliphatic carbocycles. The Morgan fingerprint density at radius 3 is 1.20 bits per heavy atom. The van der Waals surface area contributed by atoms with Crippen molar-refractivity contribution in [2.75, 3.05) is 0 Å². The normalized spacial score (nSPS) is 0.800. The minimum atomic E-state index is 0. The first kappa shape index (κ1) is 31.3. The monoisotopic (exact) mass is 116 g/mol. The van der Waals surface area contributed by atoms with Crippen molar-refractivity contribution in [1.82, 2.24) is 0 Å². The molecule has 0 aliphatic rings. The molecule has 0 aliphatic heterocycles. The van der Waals surface area contributed by atoms with Gasteiger partial charge in [0, 0.05) is 38.0 Å². The second-order valence-corrected chi connectivity index (χ2v) is 0. The second kappa shape index (κ2) is 49.0. The fraction of sp³-hybridized carbons (Fsp3) is 0. The smallest absolute Gasteiger partial charge is 0.197 e. The van der Waals surface area contributed by atoms with Gasteiger partial charge in [-0.3, -0.25) is 0 Å². The summed E-state index contributed by atoms with van der Waals surface area (Å²) in [6.45, 7) is 0. The average molecular weight is 116 g/mol. The van der Waals surface area contributed by atoms with Crippen LogP contribution in [0.3, 0.4) is 0 Å². The van der Waals surface area contributed by atoms with Crippen LogP contribution in [0.1, 0.15) is 0 Å². The molecule has 0 fully saturated rings. The van der Waals surface area contributed by atoms with Crippen LogP contribution >= 0.6 is 9.90 Å². The summed E-state index contributed by atoms with van der Waals surface area (Å²) in [5, 5.41) is 0. The van der Waals surface area contributed by atoms with E-state index in [1.807, 2.05) is 0 Å². The van der Waals surface area contributed by atoms with E-state index in [9.17, 15) is 0 Å². The van der Waals surface area contributed by atoms with Crippen molar-refractivity contribution in [3.05, 3.63) is 0 Å². The van der Waals surface area contributed by atoms with Crippen molar-refractivity contribution in [2.24, 2.45) is 0 Å². The van der Waals surface area contributed by atoms with Gasteiger partial charge in [0.1, 0.15) is 0 Å². The van der Waals surface area contributed by atoms with Gasteiger partial charge in [0.15, 0.2) is 12.5 Å². The average Bonchev–Trinajstić information content (AvgIpc) is 1.00. The molecular formula is H3BNaOPS. The van der Waals surface area contributed by atoms with Gasteiger partial charge in [-0.05, 0) is 0 Å². The number of hydrogen-bond acceptors (Lipinski definition) is 2. The molecule has 24 valence electrons. The van der Waals surface area contributed by atoms with E-state index in [1.54, 1.807) is 0 Å². The van der Waals surface area contributed by atoms with Crippen LogP contribution in [0.25, 0.3) is 0 Å². The molecule has 0 N–H and O–H groups in total. The van der Waals surface area contributed by atoms with Gasteiger partial charge in [-0.1, -0.05) is 0 Å². The zero-order valence-corrected chi connectivity index (χ0v) is 7.33. The van der Waals surface area contributed by atoms with Crippen molar-refractivity contribution < 1.29 is 4.21 Å². The Balaban J connectivity index is -0.00000000167. The van der Waals surface area contributed by atoms with Crippen molar-refractivity contribution in [2.45, 2.75) is 0 Å². The molecule has 0 heterocycles. The van der Waals surface area contributed by atoms with Gasteiger partial charge in [0.05, 0.1) is 0 Å². The summed E-state index contributed by atoms with van der Waals surface area (Å²) in [6, 6.07) is 0. The van der Waals surface area contributed by atoms with E-state index in [0.29, 0.717) is 0 Å². The Hall–Kier alpha value is 1.51. The quantitative estimate of drug-likeness (QED) is 0.297. The Bertz CT molecular complexity index is 11.6. The first-order chi connectivity index (χ1) is 1.00. The molecule has 1 nitrogen and oxygen atoms in total. The minimum Gasteiger partial charge on any atom is -0.197 e. The zero-order chi connectivity index (χ0) is 2.00. The van der Waals surface area contributed by atoms with Crippen LogP contribution in [0, 0.1) is 0 Å². The third-order valence-electron chi connectivity index (χ3n) is 0. The van der Waals surface area contributed by atoms with Gasteiger partial charge in [0.2, 0.25) is 0 Å². The zero-order valence-electron chi connectivity index (χ0n) is 3.10. The largest absolute Gasteiger partial charge is 0.197 e. The molecule has 0 spiro atoms. The van der Waals surface area contributed by atoms with E-state index < -0.39 is 0 Å². The predicted octanol–water partition coefficient (Wildman–Crippen LogP) is -1.04. The van der Waals surface area contributed by atoms with Crippen LogP contribution in [0.2, 0.25) is 0 Å². The van der Waals surface area contributed by atoms with E-state index in [4.69, 9.17) is 4.21 Å². The Morgan fingerprint density at radius 2 is 1.20 bits per heavy atom. The summed E-state index contributed by atoms with van der Waals surface area (Å²) in [5.41, 5.74) is 0. The number of rotatable bonds is 0. The number of hydrogen-bond donors (Lipinski definition) is 0. The van der Waals surface area contributed by atoms with E-state index in [-0.39, 0.29) is 47.9 Å². The van der Waals surface area contributed by atoms with Crippen LogP contribution in [-0.2, 0) is 12.5 Å². The van der Waals surface area contributed by atoms with E-state index in [1.165, 1.54) is 0 Å². The minimum absolute atomic E-state index is 0. The first-order valence-corrected chi connectivity index (χ1v) is 0.500. The van der Waals surface area contributed by atoms with Crippen molar-refractivity contribution in [1.29, 1.82) is 0 Å². The predicted molar refractivity (Wildman–Crippen MR) is 30.8 cm³/mol. The molecule has 0 aromatic carbocycles. The fourth-order valence-electron chi connectivity index (χ4n) is 0. The topological polar surface area (TPSA) is 17.1 Å². The van der Waals surface area contributed by atoms with Gasteiger partial charge in [-0.15, -0.1) is 0 Å². The van der Waals surface area contributed by atoms with E-state index >= 15 is 0 Å². The van der Waals surface area contributed by atoms with E-state index in [2.05, 4.69) is 12.5 Å². The summed E-state index contributed by atoms with van der Waals surface area (Å²) in [4.78, 5) is 0. The van der Waals surface area contributed by atoms with Crippen molar-refractivity contribution >= 4 is 60.4 Å². The van der Waals surface area contributed by atoms with Gasteiger partial charge in [0.25, 0.3) is 0 Å². The molecule has 5 heteroatoms. The summed E-state index contributed by atoms with van der Waals surface area (Å²) in [5.74, 6) is 0. The maximum absolute atomic E-state index is 7.83. The standard InChI is InChI=1S/B.Na.OS.H3P/c;;1-2;/h;;;1H3. The van der Waals surface area contributed by atoms with Crippen LogP contribution in [0.15, 0.2) is 0 Å². The molecule has 1 unspecified atom stereocenters. The molecule has 0 aromatic heterocycles. The molecular weight excluding hydrogens is 113 g/mol. The summed E-state index contributed by atoms with van der Waals surface area (Å²) in [7, 11) is 0. The second-order valence-electron chi connectivity index (χ2n) is 0. The Morgan fingerprint density at radius 1 is 1.20 bits per heavy atom. The Kier molecular flexibility index (Phi) is 307. The Labute approximate surface area is 64.3 Å². The summed E-state index contributed by atoms with van der Waals surface area (Å²) in [6.07, 6.45) is 0. The summed E-state index contributed by atoms with van der Waals surface area (Å²) >= 11 is 2.83. The summed E-state index contributed by atoms with van der Waals surface area (Å²) < 4.78 is 7.83. The maximum Gasteiger partial charge on any atom is 0.197 e.